The summed E-state index contributed by atoms with van der Waals surface area (Å²) >= 11 is 6.10. The third kappa shape index (κ3) is 3.59. The number of aromatic nitrogens is 1. The molecule has 2 aromatic rings. The molecule has 0 N–H and O–H groups in total. The van der Waals surface area contributed by atoms with Crippen molar-refractivity contribution < 1.29 is 18.8 Å². The third-order valence-electron chi connectivity index (χ3n) is 3.68. The standard InChI is InChI=1S/C16H17ClN2O4/c1-21-11-4-5-15(13(17)8-11)22-10-12-9-14(18-23-12)16(20)19-6-2-3-7-19/h4-5,8-9H,2-3,6-7,10H2,1H3. The molecule has 3 rings (SSSR count). The van der Waals surface area contributed by atoms with Crippen LogP contribution in [0.4, 0.5) is 0 Å². The Balaban J connectivity index is 1.62. The Morgan fingerprint density at radius 3 is 2.83 bits per heavy atom. The summed E-state index contributed by atoms with van der Waals surface area (Å²) in [4.78, 5) is 14.0. The minimum absolute atomic E-state index is 0.0972. The number of halogens is 1. The highest BCUT2D eigenvalue weighted by Gasteiger charge is 2.22. The normalized spacial score (nSPS) is 14.1. The molecule has 0 radical (unpaired) electrons. The van der Waals surface area contributed by atoms with Gasteiger partial charge < -0.3 is 18.9 Å². The quantitative estimate of drug-likeness (QED) is 0.839. The van der Waals surface area contributed by atoms with Gasteiger partial charge in [0, 0.05) is 25.2 Å². The Bertz CT molecular complexity index is 695. The molecular weight excluding hydrogens is 320 g/mol. The maximum Gasteiger partial charge on any atom is 0.276 e. The van der Waals surface area contributed by atoms with Crippen molar-refractivity contribution in [2.45, 2.75) is 19.4 Å². The molecule has 1 amide bonds. The van der Waals surface area contributed by atoms with Crippen molar-refractivity contribution in [3.63, 3.8) is 0 Å². The van der Waals surface area contributed by atoms with Crippen LogP contribution in [-0.4, -0.2) is 36.2 Å². The first-order valence-electron chi connectivity index (χ1n) is 7.38. The SMILES string of the molecule is COc1ccc(OCc2cc(C(=O)N3CCCC3)no2)c(Cl)c1. The highest BCUT2D eigenvalue weighted by molar-refractivity contribution is 6.32. The van der Waals surface area contributed by atoms with Crippen molar-refractivity contribution in [3.05, 3.63) is 40.7 Å². The number of carbonyl (C=O) groups is 1. The van der Waals surface area contributed by atoms with E-state index < -0.39 is 0 Å². The van der Waals surface area contributed by atoms with E-state index in [4.69, 9.17) is 25.6 Å². The summed E-state index contributed by atoms with van der Waals surface area (Å²) in [5.74, 6) is 1.54. The van der Waals surface area contributed by atoms with Crippen LogP contribution in [0.25, 0.3) is 0 Å². The number of carbonyl (C=O) groups excluding carboxylic acids is 1. The predicted octanol–water partition coefficient (Wildman–Crippen LogP) is 3.15. The van der Waals surface area contributed by atoms with Crippen molar-refractivity contribution in [1.82, 2.24) is 10.1 Å². The van der Waals surface area contributed by atoms with Crippen LogP contribution in [0, 0.1) is 0 Å². The molecule has 7 heteroatoms. The van der Waals surface area contributed by atoms with Gasteiger partial charge >= 0.3 is 0 Å². The molecule has 23 heavy (non-hydrogen) atoms. The second-order valence-electron chi connectivity index (χ2n) is 5.26. The summed E-state index contributed by atoms with van der Waals surface area (Å²) in [5.41, 5.74) is 0.311. The summed E-state index contributed by atoms with van der Waals surface area (Å²) in [7, 11) is 1.57. The maximum absolute atomic E-state index is 12.2. The lowest BCUT2D eigenvalue weighted by Gasteiger charge is -2.12. The van der Waals surface area contributed by atoms with Gasteiger partial charge in [-0.2, -0.15) is 0 Å². The molecule has 1 aromatic heterocycles. The second-order valence-corrected chi connectivity index (χ2v) is 5.67. The Labute approximate surface area is 138 Å². The number of nitrogens with zero attached hydrogens (tertiary/aromatic N) is 2. The molecule has 2 heterocycles. The van der Waals surface area contributed by atoms with Crippen LogP contribution in [0.15, 0.2) is 28.8 Å². The summed E-state index contributed by atoms with van der Waals surface area (Å²) in [6.07, 6.45) is 2.07. The summed E-state index contributed by atoms with van der Waals surface area (Å²) in [5, 5.41) is 4.27. The van der Waals surface area contributed by atoms with Crippen molar-refractivity contribution in [2.75, 3.05) is 20.2 Å². The number of amides is 1. The molecule has 1 aliphatic rings. The van der Waals surface area contributed by atoms with Gasteiger partial charge in [-0.1, -0.05) is 16.8 Å². The molecule has 0 bridgehead atoms. The molecule has 0 saturated carbocycles. The zero-order valence-electron chi connectivity index (χ0n) is 12.8. The highest BCUT2D eigenvalue weighted by atomic mass is 35.5. The van der Waals surface area contributed by atoms with Gasteiger partial charge in [-0.3, -0.25) is 4.79 Å². The van der Waals surface area contributed by atoms with Gasteiger partial charge in [-0.05, 0) is 25.0 Å². The maximum atomic E-state index is 12.2. The molecule has 0 aliphatic carbocycles. The topological polar surface area (TPSA) is 64.8 Å². The number of rotatable bonds is 5. The number of ether oxygens (including phenoxy) is 2. The van der Waals surface area contributed by atoms with E-state index in [0.717, 1.165) is 25.9 Å². The lowest BCUT2D eigenvalue weighted by atomic mass is 10.3. The summed E-state index contributed by atoms with van der Waals surface area (Å²) in [6, 6.07) is 6.75. The van der Waals surface area contributed by atoms with E-state index in [1.807, 2.05) is 0 Å². The van der Waals surface area contributed by atoms with Crippen LogP contribution in [0.5, 0.6) is 11.5 Å². The number of methoxy groups -OCH3 is 1. The van der Waals surface area contributed by atoms with Gasteiger partial charge in [0.1, 0.15) is 18.1 Å². The van der Waals surface area contributed by atoms with E-state index >= 15 is 0 Å². The molecule has 0 unspecified atom stereocenters. The Morgan fingerprint density at radius 2 is 2.13 bits per heavy atom. The average molecular weight is 337 g/mol. The molecular formula is C16H17ClN2O4. The number of hydrogen-bond acceptors (Lipinski definition) is 5. The van der Waals surface area contributed by atoms with Gasteiger partial charge in [-0.15, -0.1) is 0 Å². The lowest BCUT2D eigenvalue weighted by molar-refractivity contribution is 0.0782. The Kier molecular flexibility index (Phi) is 4.71. The smallest absolute Gasteiger partial charge is 0.276 e. The van der Waals surface area contributed by atoms with E-state index in [9.17, 15) is 4.79 Å². The average Bonchev–Trinajstić information content (AvgIpc) is 3.24. The molecule has 0 spiro atoms. The number of likely N-dealkylation sites (tertiary alicyclic amines) is 1. The van der Waals surface area contributed by atoms with Crippen LogP contribution in [0.3, 0.4) is 0 Å². The van der Waals surface area contributed by atoms with Crippen molar-refractivity contribution >= 4 is 17.5 Å². The van der Waals surface area contributed by atoms with Gasteiger partial charge in [-0.25, -0.2) is 0 Å². The fourth-order valence-corrected chi connectivity index (χ4v) is 2.66. The van der Waals surface area contributed by atoms with Gasteiger partial charge in [0.25, 0.3) is 5.91 Å². The van der Waals surface area contributed by atoms with Crippen LogP contribution in [0.1, 0.15) is 29.1 Å². The van der Waals surface area contributed by atoms with E-state index in [0.29, 0.717) is 28.0 Å². The van der Waals surface area contributed by atoms with Gasteiger partial charge in [0.05, 0.1) is 12.1 Å². The Hall–Kier alpha value is -2.21. The molecule has 1 fully saturated rings. The minimum Gasteiger partial charge on any atom is -0.497 e. The third-order valence-corrected chi connectivity index (χ3v) is 3.98. The summed E-state index contributed by atoms with van der Waals surface area (Å²) in [6.45, 7) is 1.70. The molecule has 1 aromatic carbocycles. The minimum atomic E-state index is -0.0972. The molecule has 6 nitrogen and oxygen atoms in total. The van der Waals surface area contributed by atoms with E-state index in [2.05, 4.69) is 5.16 Å². The van der Waals surface area contributed by atoms with E-state index in [1.165, 1.54) is 0 Å². The first-order chi connectivity index (χ1) is 11.2. The first-order valence-corrected chi connectivity index (χ1v) is 7.76. The zero-order chi connectivity index (χ0) is 16.2. The molecule has 1 saturated heterocycles. The van der Waals surface area contributed by atoms with Crippen molar-refractivity contribution in [1.29, 1.82) is 0 Å². The number of hydrogen-bond donors (Lipinski definition) is 0. The second kappa shape index (κ2) is 6.91. The van der Waals surface area contributed by atoms with Crippen LogP contribution in [-0.2, 0) is 6.61 Å². The van der Waals surface area contributed by atoms with Crippen LogP contribution < -0.4 is 9.47 Å². The molecule has 122 valence electrons. The Morgan fingerprint density at radius 1 is 1.35 bits per heavy atom. The van der Waals surface area contributed by atoms with Gasteiger partial charge in [0.2, 0.25) is 0 Å². The highest BCUT2D eigenvalue weighted by Crippen LogP contribution is 2.29. The van der Waals surface area contributed by atoms with Crippen molar-refractivity contribution in [2.24, 2.45) is 0 Å². The molecule has 0 atom stereocenters. The van der Waals surface area contributed by atoms with Crippen LogP contribution in [0.2, 0.25) is 5.02 Å². The summed E-state index contributed by atoms with van der Waals surface area (Å²) < 4.78 is 15.8. The fourth-order valence-electron chi connectivity index (χ4n) is 2.44. The lowest BCUT2D eigenvalue weighted by Crippen LogP contribution is -2.27. The first kappa shape index (κ1) is 15.7. The predicted molar refractivity (Wildman–Crippen MR) is 84.0 cm³/mol. The monoisotopic (exact) mass is 336 g/mol. The molecule has 1 aliphatic heterocycles. The number of benzene rings is 1. The van der Waals surface area contributed by atoms with Crippen molar-refractivity contribution in [3.8, 4) is 11.5 Å². The zero-order valence-corrected chi connectivity index (χ0v) is 13.5. The van der Waals surface area contributed by atoms with E-state index in [1.54, 1.807) is 36.3 Å². The fraction of sp³-hybridized carbons (Fsp3) is 0.375. The largest absolute Gasteiger partial charge is 0.497 e. The van der Waals surface area contributed by atoms with Crippen LogP contribution >= 0.6 is 11.6 Å². The van der Waals surface area contributed by atoms with E-state index in [-0.39, 0.29) is 12.5 Å². The van der Waals surface area contributed by atoms with Gasteiger partial charge in [0.15, 0.2) is 11.5 Å².